The lowest BCUT2D eigenvalue weighted by molar-refractivity contribution is -0.430. The zero-order valence-electron chi connectivity index (χ0n) is 5.46. The van der Waals surface area contributed by atoms with Crippen molar-refractivity contribution in [1.29, 1.82) is 0 Å². The molecule has 4 heteroatoms. The lowest BCUT2D eigenvalue weighted by Gasteiger charge is -2.03. The van der Waals surface area contributed by atoms with Crippen LogP contribution in [0, 0.1) is 0 Å². The molecule has 0 heterocycles. The molecular formula is C5H12NO3+. The van der Waals surface area contributed by atoms with Crippen molar-refractivity contribution < 1.29 is 20.4 Å². The van der Waals surface area contributed by atoms with E-state index in [2.05, 4.69) is 10.5 Å². The predicted octanol–water partition coefficient (Wildman–Crippen LogP) is -1.85. The van der Waals surface area contributed by atoms with Crippen LogP contribution in [0.25, 0.3) is 0 Å². The monoisotopic (exact) mass is 134 g/mol. The summed E-state index contributed by atoms with van der Waals surface area (Å²) in [5, 5.41) is 8.39. The van der Waals surface area contributed by atoms with Crippen LogP contribution >= 0.6 is 0 Å². The topological polar surface area (TPSA) is 74.2 Å². The van der Waals surface area contributed by atoms with Crippen LogP contribution in [0.5, 0.6) is 0 Å². The zero-order chi connectivity index (χ0) is 7.28. The van der Waals surface area contributed by atoms with Crippen LogP contribution < -0.4 is 5.73 Å². The van der Waals surface area contributed by atoms with Crippen LogP contribution in [0.2, 0.25) is 0 Å². The fourth-order valence-electron chi connectivity index (χ4n) is 0.288. The number of carbonyl (C=O) groups is 1. The van der Waals surface area contributed by atoms with Crippen LogP contribution in [-0.2, 0) is 9.53 Å². The molecule has 0 spiro atoms. The average molecular weight is 134 g/mol. The van der Waals surface area contributed by atoms with E-state index < -0.39 is 0 Å². The molecule has 54 valence electrons. The van der Waals surface area contributed by atoms with Gasteiger partial charge in [0.05, 0.1) is 6.61 Å². The van der Waals surface area contributed by atoms with Gasteiger partial charge < -0.3 is 15.6 Å². The molecule has 0 aromatic rings. The summed E-state index contributed by atoms with van der Waals surface area (Å²) in [6.45, 7) is 1.48. The van der Waals surface area contributed by atoms with Crippen LogP contribution in [-0.4, -0.2) is 30.3 Å². The van der Waals surface area contributed by atoms with Crippen molar-refractivity contribution in [3.8, 4) is 0 Å². The zero-order valence-corrected chi connectivity index (χ0v) is 5.46. The summed E-state index contributed by atoms with van der Waals surface area (Å²) < 4.78 is 4.53. The van der Waals surface area contributed by atoms with Crippen molar-refractivity contribution in [3.05, 3.63) is 0 Å². The molecule has 0 bridgehead atoms. The quantitative estimate of drug-likeness (QED) is 0.445. The molecule has 0 saturated carbocycles. The number of ether oxygens (including phenoxy) is 1. The SMILES string of the molecule is CC(=O)OCC([NH3+])CO. The maximum Gasteiger partial charge on any atom is 0.302 e. The number of esters is 1. The van der Waals surface area contributed by atoms with Crippen LogP contribution in [0.3, 0.4) is 0 Å². The smallest absolute Gasteiger partial charge is 0.302 e. The molecule has 4 nitrogen and oxygen atoms in total. The van der Waals surface area contributed by atoms with Crippen molar-refractivity contribution >= 4 is 5.97 Å². The van der Waals surface area contributed by atoms with E-state index in [0.717, 1.165) is 0 Å². The maximum atomic E-state index is 10.1. The molecule has 0 fully saturated rings. The molecule has 1 unspecified atom stereocenters. The summed E-state index contributed by atoms with van der Waals surface area (Å²) in [5.41, 5.74) is 3.50. The van der Waals surface area contributed by atoms with Gasteiger partial charge in [-0.2, -0.15) is 0 Å². The van der Waals surface area contributed by atoms with E-state index in [0.29, 0.717) is 0 Å². The number of aliphatic hydroxyl groups excluding tert-OH is 1. The van der Waals surface area contributed by atoms with E-state index in [-0.39, 0.29) is 25.2 Å². The molecule has 0 aliphatic carbocycles. The largest absolute Gasteiger partial charge is 0.459 e. The highest BCUT2D eigenvalue weighted by Crippen LogP contribution is 1.78. The number of carbonyl (C=O) groups excluding carboxylic acids is 1. The van der Waals surface area contributed by atoms with Gasteiger partial charge in [0.1, 0.15) is 12.6 Å². The Labute approximate surface area is 53.6 Å². The normalized spacial score (nSPS) is 12.8. The number of hydrogen-bond donors (Lipinski definition) is 2. The molecule has 0 aromatic carbocycles. The number of rotatable bonds is 3. The van der Waals surface area contributed by atoms with Gasteiger partial charge in [0.15, 0.2) is 0 Å². The number of hydrogen-bond acceptors (Lipinski definition) is 3. The minimum Gasteiger partial charge on any atom is -0.459 e. The molecule has 0 aromatic heterocycles. The van der Waals surface area contributed by atoms with Gasteiger partial charge >= 0.3 is 5.97 Å². The minimum atomic E-state index is -0.336. The van der Waals surface area contributed by atoms with E-state index >= 15 is 0 Å². The van der Waals surface area contributed by atoms with Gasteiger partial charge in [-0.3, -0.25) is 4.79 Å². The first-order valence-corrected chi connectivity index (χ1v) is 2.74. The molecule has 0 radical (unpaired) electrons. The third kappa shape index (κ3) is 5.26. The average Bonchev–Trinajstić information content (AvgIpc) is 1.83. The summed E-state index contributed by atoms with van der Waals surface area (Å²) >= 11 is 0. The molecule has 0 amide bonds. The number of quaternary nitrogens is 1. The second kappa shape index (κ2) is 4.29. The third-order valence-corrected chi connectivity index (χ3v) is 0.780. The highest BCUT2D eigenvalue weighted by Gasteiger charge is 2.04. The molecular weight excluding hydrogens is 122 g/mol. The second-order valence-electron chi connectivity index (χ2n) is 1.85. The Morgan fingerprint density at radius 2 is 2.44 bits per heavy atom. The van der Waals surface area contributed by atoms with Crippen molar-refractivity contribution in [2.24, 2.45) is 0 Å². The fraction of sp³-hybridized carbons (Fsp3) is 0.800. The van der Waals surface area contributed by atoms with E-state index in [1.54, 1.807) is 0 Å². The summed E-state index contributed by atoms with van der Waals surface area (Å²) in [5.74, 6) is -0.336. The number of aliphatic hydroxyl groups is 1. The van der Waals surface area contributed by atoms with E-state index in [1.165, 1.54) is 6.92 Å². The molecule has 9 heavy (non-hydrogen) atoms. The first-order valence-electron chi connectivity index (χ1n) is 2.74. The fourth-order valence-corrected chi connectivity index (χ4v) is 0.288. The maximum absolute atomic E-state index is 10.1. The third-order valence-electron chi connectivity index (χ3n) is 0.780. The van der Waals surface area contributed by atoms with Gasteiger partial charge in [0.2, 0.25) is 0 Å². The molecule has 4 N–H and O–H groups in total. The highest BCUT2D eigenvalue weighted by molar-refractivity contribution is 5.65. The van der Waals surface area contributed by atoms with Crippen molar-refractivity contribution in [2.75, 3.05) is 13.2 Å². The van der Waals surface area contributed by atoms with Gasteiger partial charge in [0, 0.05) is 6.92 Å². The minimum absolute atomic E-state index is 0.0483. The Bertz CT molecular complexity index is 94.2. The Morgan fingerprint density at radius 3 is 2.78 bits per heavy atom. The van der Waals surface area contributed by atoms with E-state index in [4.69, 9.17) is 5.11 Å². The van der Waals surface area contributed by atoms with Crippen molar-refractivity contribution in [2.45, 2.75) is 13.0 Å². The Kier molecular flexibility index (Phi) is 4.00. The Balaban J connectivity index is 3.16. The summed E-state index contributed by atoms with van der Waals surface area (Å²) in [7, 11) is 0. The Morgan fingerprint density at radius 1 is 1.89 bits per heavy atom. The first kappa shape index (κ1) is 8.39. The standard InChI is InChI=1S/C5H11NO3/c1-4(8)9-3-5(6)2-7/h5,7H,2-3,6H2,1H3/p+1. The molecule has 0 rings (SSSR count). The lowest BCUT2D eigenvalue weighted by atomic mass is 10.4. The molecule has 1 atom stereocenters. The summed E-state index contributed by atoms with van der Waals surface area (Å²) in [4.78, 5) is 10.1. The first-order chi connectivity index (χ1) is 4.16. The van der Waals surface area contributed by atoms with Crippen LogP contribution in [0.15, 0.2) is 0 Å². The van der Waals surface area contributed by atoms with Crippen molar-refractivity contribution in [1.82, 2.24) is 0 Å². The van der Waals surface area contributed by atoms with Gasteiger partial charge in [-0.05, 0) is 0 Å². The van der Waals surface area contributed by atoms with Crippen LogP contribution in [0.4, 0.5) is 0 Å². The van der Waals surface area contributed by atoms with E-state index in [1.807, 2.05) is 0 Å². The highest BCUT2D eigenvalue weighted by atomic mass is 16.5. The van der Waals surface area contributed by atoms with Crippen molar-refractivity contribution in [3.63, 3.8) is 0 Å². The predicted molar refractivity (Wildman–Crippen MR) is 30.4 cm³/mol. The van der Waals surface area contributed by atoms with Gasteiger partial charge in [-0.1, -0.05) is 0 Å². The second-order valence-corrected chi connectivity index (χ2v) is 1.85. The molecule has 0 aliphatic rings. The van der Waals surface area contributed by atoms with E-state index in [9.17, 15) is 4.79 Å². The molecule has 0 aliphatic heterocycles. The Hall–Kier alpha value is -0.610. The van der Waals surface area contributed by atoms with Gasteiger partial charge in [-0.15, -0.1) is 0 Å². The lowest BCUT2D eigenvalue weighted by Crippen LogP contribution is -2.65. The summed E-state index contributed by atoms with van der Waals surface area (Å²) in [6, 6.07) is -0.200. The van der Waals surface area contributed by atoms with Gasteiger partial charge in [-0.25, -0.2) is 0 Å². The van der Waals surface area contributed by atoms with Gasteiger partial charge in [0.25, 0.3) is 0 Å². The molecule has 0 saturated heterocycles. The van der Waals surface area contributed by atoms with Crippen LogP contribution in [0.1, 0.15) is 6.92 Å². The summed E-state index contributed by atoms with van der Waals surface area (Å²) in [6.07, 6.45) is 0.